The summed E-state index contributed by atoms with van der Waals surface area (Å²) in [6, 6.07) is 11.0. The standard InChI is InChI=1S/C13H17N/c1-3-10-14-13(4-2)11-12-8-6-5-7-9-12/h1,5-9,13-14H,4,10-11H2,2H3. The van der Waals surface area contributed by atoms with Gasteiger partial charge in [0.15, 0.2) is 0 Å². The van der Waals surface area contributed by atoms with Gasteiger partial charge in [0.1, 0.15) is 0 Å². The largest absolute Gasteiger partial charge is 0.303 e. The molecule has 0 fully saturated rings. The lowest BCUT2D eigenvalue weighted by atomic mass is 10.0. The van der Waals surface area contributed by atoms with E-state index in [0.717, 1.165) is 12.8 Å². The molecule has 1 N–H and O–H groups in total. The lowest BCUT2D eigenvalue weighted by Crippen LogP contribution is -2.30. The zero-order valence-corrected chi connectivity index (χ0v) is 8.66. The highest BCUT2D eigenvalue weighted by Crippen LogP contribution is 2.04. The molecular weight excluding hydrogens is 170 g/mol. The normalized spacial score (nSPS) is 12.0. The maximum Gasteiger partial charge on any atom is 0.0576 e. The molecule has 0 heterocycles. The summed E-state index contributed by atoms with van der Waals surface area (Å²) < 4.78 is 0. The van der Waals surface area contributed by atoms with Gasteiger partial charge in [0, 0.05) is 6.04 Å². The molecule has 1 heteroatoms. The Morgan fingerprint density at radius 3 is 2.64 bits per heavy atom. The molecule has 0 amide bonds. The molecule has 0 saturated carbocycles. The second kappa shape index (κ2) is 6.23. The van der Waals surface area contributed by atoms with Crippen LogP contribution >= 0.6 is 0 Å². The summed E-state index contributed by atoms with van der Waals surface area (Å²) in [4.78, 5) is 0. The first-order chi connectivity index (χ1) is 6.86. The fourth-order valence-corrected chi connectivity index (χ4v) is 1.46. The maximum atomic E-state index is 5.21. The van der Waals surface area contributed by atoms with Gasteiger partial charge in [-0.2, -0.15) is 0 Å². The lowest BCUT2D eigenvalue weighted by molar-refractivity contribution is 0.525. The van der Waals surface area contributed by atoms with Crippen LogP contribution in [-0.2, 0) is 6.42 Å². The molecule has 74 valence electrons. The quantitative estimate of drug-likeness (QED) is 0.697. The predicted molar refractivity (Wildman–Crippen MR) is 61.1 cm³/mol. The monoisotopic (exact) mass is 187 g/mol. The van der Waals surface area contributed by atoms with Crippen molar-refractivity contribution in [3.05, 3.63) is 35.9 Å². The summed E-state index contributed by atoms with van der Waals surface area (Å²) in [5.74, 6) is 2.61. The van der Waals surface area contributed by atoms with Crippen molar-refractivity contribution in [2.24, 2.45) is 0 Å². The summed E-state index contributed by atoms with van der Waals surface area (Å²) in [7, 11) is 0. The van der Waals surface area contributed by atoms with Gasteiger partial charge in [0.2, 0.25) is 0 Å². The van der Waals surface area contributed by atoms with Crippen LogP contribution in [0.1, 0.15) is 18.9 Å². The molecule has 0 radical (unpaired) electrons. The molecule has 1 aromatic carbocycles. The van der Waals surface area contributed by atoms with Gasteiger partial charge in [0.05, 0.1) is 6.54 Å². The minimum atomic E-state index is 0.494. The first-order valence-corrected chi connectivity index (χ1v) is 5.07. The van der Waals surface area contributed by atoms with Crippen molar-refractivity contribution in [1.82, 2.24) is 5.32 Å². The van der Waals surface area contributed by atoms with Crippen molar-refractivity contribution in [2.45, 2.75) is 25.8 Å². The zero-order chi connectivity index (χ0) is 10.2. The number of benzene rings is 1. The summed E-state index contributed by atoms with van der Waals surface area (Å²) in [6.07, 6.45) is 7.37. The zero-order valence-electron chi connectivity index (χ0n) is 8.66. The predicted octanol–water partition coefficient (Wildman–Crippen LogP) is 2.23. The fraction of sp³-hybridized carbons (Fsp3) is 0.385. The molecular formula is C13H17N. The smallest absolute Gasteiger partial charge is 0.0576 e. The van der Waals surface area contributed by atoms with Crippen LogP contribution < -0.4 is 5.32 Å². The minimum Gasteiger partial charge on any atom is -0.303 e. The van der Waals surface area contributed by atoms with E-state index in [2.05, 4.69) is 42.4 Å². The van der Waals surface area contributed by atoms with Gasteiger partial charge in [0.25, 0.3) is 0 Å². The maximum absolute atomic E-state index is 5.21. The van der Waals surface area contributed by atoms with Crippen LogP contribution in [0.25, 0.3) is 0 Å². The van der Waals surface area contributed by atoms with Crippen molar-refractivity contribution in [1.29, 1.82) is 0 Å². The van der Waals surface area contributed by atoms with Gasteiger partial charge >= 0.3 is 0 Å². The highest BCUT2D eigenvalue weighted by Gasteiger charge is 2.04. The molecule has 1 aromatic rings. The average molecular weight is 187 g/mol. The molecule has 1 rings (SSSR count). The van der Waals surface area contributed by atoms with Crippen LogP contribution in [0.3, 0.4) is 0 Å². The Balaban J connectivity index is 2.45. The SMILES string of the molecule is C#CCNC(CC)Cc1ccccc1. The highest BCUT2D eigenvalue weighted by molar-refractivity contribution is 5.15. The van der Waals surface area contributed by atoms with Crippen LogP contribution in [0.15, 0.2) is 30.3 Å². The Labute approximate surface area is 86.5 Å². The molecule has 0 bridgehead atoms. The Morgan fingerprint density at radius 1 is 1.36 bits per heavy atom. The van der Waals surface area contributed by atoms with Crippen molar-refractivity contribution >= 4 is 0 Å². The van der Waals surface area contributed by atoms with Gasteiger partial charge in [-0.3, -0.25) is 0 Å². The second-order valence-electron chi connectivity index (χ2n) is 3.38. The molecule has 1 atom stereocenters. The fourth-order valence-electron chi connectivity index (χ4n) is 1.46. The molecule has 1 nitrogen and oxygen atoms in total. The third kappa shape index (κ3) is 3.64. The van der Waals surface area contributed by atoms with Crippen LogP contribution in [0.4, 0.5) is 0 Å². The summed E-state index contributed by atoms with van der Waals surface area (Å²) in [5, 5.41) is 3.33. The highest BCUT2D eigenvalue weighted by atomic mass is 14.9. The topological polar surface area (TPSA) is 12.0 Å². The summed E-state index contributed by atoms with van der Waals surface area (Å²) in [5.41, 5.74) is 1.36. The molecule has 0 saturated heterocycles. The van der Waals surface area contributed by atoms with Crippen molar-refractivity contribution in [2.75, 3.05) is 6.54 Å². The summed E-state index contributed by atoms with van der Waals surface area (Å²) in [6.45, 7) is 2.84. The van der Waals surface area contributed by atoms with Gasteiger partial charge in [-0.15, -0.1) is 6.42 Å². The van der Waals surface area contributed by atoms with E-state index in [0.29, 0.717) is 12.6 Å². The van der Waals surface area contributed by atoms with E-state index in [1.54, 1.807) is 0 Å². The first kappa shape index (κ1) is 10.8. The molecule has 0 aliphatic carbocycles. The molecule has 0 aliphatic heterocycles. The second-order valence-corrected chi connectivity index (χ2v) is 3.38. The Hall–Kier alpha value is -1.26. The number of terminal acetylenes is 1. The average Bonchev–Trinajstić information content (AvgIpc) is 2.25. The van der Waals surface area contributed by atoms with Crippen molar-refractivity contribution < 1.29 is 0 Å². The van der Waals surface area contributed by atoms with Crippen LogP contribution in [-0.4, -0.2) is 12.6 Å². The van der Waals surface area contributed by atoms with Gasteiger partial charge in [-0.25, -0.2) is 0 Å². The van der Waals surface area contributed by atoms with E-state index in [-0.39, 0.29) is 0 Å². The lowest BCUT2D eigenvalue weighted by Gasteiger charge is -2.14. The van der Waals surface area contributed by atoms with E-state index < -0.39 is 0 Å². The minimum absolute atomic E-state index is 0.494. The Bertz CT molecular complexity index is 284. The van der Waals surface area contributed by atoms with Crippen LogP contribution in [0, 0.1) is 12.3 Å². The number of hydrogen-bond donors (Lipinski definition) is 1. The third-order valence-corrected chi connectivity index (χ3v) is 2.31. The molecule has 0 spiro atoms. The number of hydrogen-bond acceptors (Lipinski definition) is 1. The van der Waals surface area contributed by atoms with Gasteiger partial charge in [-0.05, 0) is 18.4 Å². The number of rotatable bonds is 5. The van der Waals surface area contributed by atoms with E-state index >= 15 is 0 Å². The molecule has 0 aliphatic rings. The number of nitrogens with one attached hydrogen (secondary N) is 1. The third-order valence-electron chi connectivity index (χ3n) is 2.31. The van der Waals surface area contributed by atoms with Crippen molar-refractivity contribution in [3.63, 3.8) is 0 Å². The van der Waals surface area contributed by atoms with E-state index in [1.165, 1.54) is 5.56 Å². The van der Waals surface area contributed by atoms with Gasteiger partial charge in [-0.1, -0.05) is 43.2 Å². The Morgan fingerprint density at radius 2 is 2.07 bits per heavy atom. The van der Waals surface area contributed by atoms with Crippen LogP contribution in [0.5, 0.6) is 0 Å². The van der Waals surface area contributed by atoms with Crippen molar-refractivity contribution in [3.8, 4) is 12.3 Å². The van der Waals surface area contributed by atoms with Crippen LogP contribution in [0.2, 0.25) is 0 Å². The Kier molecular flexibility index (Phi) is 4.82. The van der Waals surface area contributed by atoms with E-state index in [4.69, 9.17) is 6.42 Å². The molecule has 14 heavy (non-hydrogen) atoms. The first-order valence-electron chi connectivity index (χ1n) is 5.07. The summed E-state index contributed by atoms with van der Waals surface area (Å²) >= 11 is 0. The van der Waals surface area contributed by atoms with E-state index in [9.17, 15) is 0 Å². The van der Waals surface area contributed by atoms with Gasteiger partial charge < -0.3 is 5.32 Å². The molecule has 0 aromatic heterocycles. The molecule has 1 unspecified atom stereocenters. The van der Waals surface area contributed by atoms with E-state index in [1.807, 2.05) is 6.07 Å².